The minimum atomic E-state index is -0.774. The van der Waals surface area contributed by atoms with Crippen LogP contribution in [0.4, 0.5) is 15.9 Å². The monoisotopic (exact) mass is 525 g/mol. The van der Waals surface area contributed by atoms with Crippen LogP contribution in [0.1, 0.15) is 44.0 Å². The Morgan fingerprint density at radius 3 is 2.41 bits per heavy atom. The van der Waals surface area contributed by atoms with Gasteiger partial charge in [-0.2, -0.15) is 0 Å². The fourth-order valence-corrected chi connectivity index (χ4v) is 5.06. The SMILES string of the molecule is CCNC(=O)Nc1nc2cc(-c3cnc(N4CCC(C)(C(=O)O)CC4)nc3)cc(C(=O)N(C)CC)c2s1. The van der Waals surface area contributed by atoms with Gasteiger partial charge in [0, 0.05) is 51.2 Å². The number of hydrogen-bond donors (Lipinski definition) is 3. The molecule has 0 bridgehead atoms. The third-order valence-corrected chi connectivity index (χ3v) is 7.76. The number of nitrogens with zero attached hydrogens (tertiary/aromatic N) is 5. The third-order valence-electron chi connectivity index (χ3n) is 6.74. The summed E-state index contributed by atoms with van der Waals surface area (Å²) in [5.74, 6) is -0.375. The lowest BCUT2D eigenvalue weighted by molar-refractivity contribution is -0.149. The highest BCUT2D eigenvalue weighted by Crippen LogP contribution is 2.35. The third kappa shape index (κ3) is 5.48. The molecule has 1 aliphatic heterocycles. The Kier molecular flexibility index (Phi) is 7.58. The van der Waals surface area contributed by atoms with Gasteiger partial charge < -0.3 is 20.2 Å². The molecule has 0 radical (unpaired) electrons. The molecule has 4 rings (SSSR count). The van der Waals surface area contributed by atoms with Gasteiger partial charge in [0.15, 0.2) is 5.13 Å². The van der Waals surface area contributed by atoms with Gasteiger partial charge in [0.25, 0.3) is 5.91 Å². The number of anilines is 2. The molecule has 1 fully saturated rings. The number of benzene rings is 1. The van der Waals surface area contributed by atoms with Crippen molar-refractivity contribution in [3.8, 4) is 11.1 Å². The molecule has 3 N–H and O–H groups in total. The first-order valence-corrected chi connectivity index (χ1v) is 13.0. The first kappa shape index (κ1) is 26.3. The highest BCUT2D eigenvalue weighted by molar-refractivity contribution is 7.22. The molecule has 3 amide bonds. The predicted octanol–water partition coefficient (Wildman–Crippen LogP) is 3.68. The van der Waals surface area contributed by atoms with Gasteiger partial charge in [0.05, 0.1) is 21.2 Å². The molecule has 0 aliphatic carbocycles. The molecular formula is C25H31N7O4S. The lowest BCUT2D eigenvalue weighted by Crippen LogP contribution is -2.43. The molecule has 0 spiro atoms. The topological polar surface area (TPSA) is 141 Å². The lowest BCUT2D eigenvalue weighted by atomic mass is 9.80. The van der Waals surface area contributed by atoms with E-state index in [1.165, 1.54) is 11.3 Å². The zero-order valence-electron chi connectivity index (χ0n) is 21.4. The predicted molar refractivity (Wildman–Crippen MR) is 143 cm³/mol. The molecule has 0 atom stereocenters. The average Bonchev–Trinajstić information content (AvgIpc) is 3.30. The van der Waals surface area contributed by atoms with E-state index in [-0.39, 0.29) is 11.9 Å². The molecule has 37 heavy (non-hydrogen) atoms. The number of fused-ring (bicyclic) bond motifs is 1. The largest absolute Gasteiger partial charge is 0.481 e. The summed E-state index contributed by atoms with van der Waals surface area (Å²) in [5.41, 5.74) is 1.82. The van der Waals surface area contributed by atoms with E-state index in [0.29, 0.717) is 65.9 Å². The second-order valence-corrected chi connectivity index (χ2v) is 10.3. The van der Waals surface area contributed by atoms with Crippen LogP contribution in [0, 0.1) is 5.41 Å². The summed E-state index contributed by atoms with van der Waals surface area (Å²) >= 11 is 1.25. The number of carbonyl (C=O) groups excluding carboxylic acids is 2. The zero-order valence-corrected chi connectivity index (χ0v) is 22.2. The van der Waals surface area contributed by atoms with Crippen molar-refractivity contribution in [2.75, 3.05) is 43.4 Å². The molecule has 3 heterocycles. The Bertz CT molecular complexity index is 1320. The Hall–Kier alpha value is -3.80. The second-order valence-electron chi connectivity index (χ2n) is 9.32. The number of carboxylic acid groups (broad SMARTS) is 1. The van der Waals surface area contributed by atoms with Crippen LogP contribution in [0.5, 0.6) is 0 Å². The summed E-state index contributed by atoms with van der Waals surface area (Å²) < 4.78 is 0.688. The smallest absolute Gasteiger partial charge is 0.321 e. The number of aliphatic carboxylic acids is 1. The molecule has 0 unspecified atom stereocenters. The summed E-state index contributed by atoms with van der Waals surface area (Å²) in [6, 6.07) is 3.31. The highest BCUT2D eigenvalue weighted by Gasteiger charge is 2.37. The number of carboxylic acids is 1. The Morgan fingerprint density at radius 1 is 1.14 bits per heavy atom. The van der Waals surface area contributed by atoms with E-state index in [0.717, 1.165) is 11.1 Å². The summed E-state index contributed by atoms with van der Waals surface area (Å²) in [4.78, 5) is 53.9. The number of aromatic nitrogens is 3. The molecule has 0 saturated carbocycles. The number of thiazole rings is 1. The quantitative estimate of drug-likeness (QED) is 0.424. The van der Waals surface area contributed by atoms with Crippen molar-refractivity contribution >= 4 is 50.5 Å². The molecule has 3 aromatic rings. The Morgan fingerprint density at radius 2 is 1.81 bits per heavy atom. The minimum Gasteiger partial charge on any atom is -0.481 e. The van der Waals surface area contributed by atoms with Gasteiger partial charge in [0.2, 0.25) is 5.95 Å². The van der Waals surface area contributed by atoms with E-state index < -0.39 is 11.4 Å². The summed E-state index contributed by atoms with van der Waals surface area (Å²) in [6.45, 7) is 7.66. The molecule has 1 saturated heterocycles. The minimum absolute atomic E-state index is 0.144. The van der Waals surface area contributed by atoms with Gasteiger partial charge in [0.1, 0.15) is 0 Å². The summed E-state index contributed by atoms with van der Waals surface area (Å²) in [5, 5.41) is 15.3. The van der Waals surface area contributed by atoms with Crippen LogP contribution in [-0.2, 0) is 4.79 Å². The van der Waals surface area contributed by atoms with E-state index in [1.54, 1.807) is 31.3 Å². The second kappa shape index (κ2) is 10.7. The van der Waals surface area contributed by atoms with Crippen LogP contribution in [0.25, 0.3) is 21.3 Å². The number of urea groups is 1. The maximum absolute atomic E-state index is 13.2. The van der Waals surface area contributed by atoms with E-state index in [2.05, 4.69) is 25.6 Å². The van der Waals surface area contributed by atoms with Gasteiger partial charge >= 0.3 is 12.0 Å². The van der Waals surface area contributed by atoms with Crippen molar-refractivity contribution in [1.82, 2.24) is 25.2 Å². The zero-order chi connectivity index (χ0) is 26.7. The molecule has 1 aromatic carbocycles. The highest BCUT2D eigenvalue weighted by atomic mass is 32.1. The Labute approximate surface area is 218 Å². The number of carbonyl (C=O) groups is 3. The van der Waals surface area contributed by atoms with Crippen LogP contribution in [-0.4, -0.2) is 76.1 Å². The molecule has 11 nitrogen and oxygen atoms in total. The number of hydrogen-bond acceptors (Lipinski definition) is 8. The van der Waals surface area contributed by atoms with Crippen LogP contribution >= 0.6 is 11.3 Å². The van der Waals surface area contributed by atoms with Crippen molar-refractivity contribution in [3.05, 3.63) is 30.1 Å². The number of rotatable bonds is 7. The number of amides is 3. The fraction of sp³-hybridized carbons (Fsp3) is 0.440. The van der Waals surface area contributed by atoms with Crippen molar-refractivity contribution in [1.29, 1.82) is 0 Å². The summed E-state index contributed by atoms with van der Waals surface area (Å²) in [7, 11) is 1.74. The first-order chi connectivity index (χ1) is 17.6. The van der Waals surface area contributed by atoms with Crippen molar-refractivity contribution in [2.24, 2.45) is 5.41 Å². The normalized spacial score (nSPS) is 14.9. The maximum atomic E-state index is 13.2. The van der Waals surface area contributed by atoms with Crippen LogP contribution in [0.15, 0.2) is 24.5 Å². The lowest BCUT2D eigenvalue weighted by Gasteiger charge is -2.36. The van der Waals surface area contributed by atoms with E-state index in [9.17, 15) is 19.5 Å². The maximum Gasteiger partial charge on any atom is 0.321 e. The molecule has 2 aromatic heterocycles. The van der Waals surface area contributed by atoms with Crippen molar-refractivity contribution in [3.63, 3.8) is 0 Å². The molecule has 12 heteroatoms. The first-order valence-electron chi connectivity index (χ1n) is 12.2. The van der Waals surface area contributed by atoms with Gasteiger partial charge in [-0.05, 0) is 51.3 Å². The van der Waals surface area contributed by atoms with Crippen LogP contribution < -0.4 is 15.5 Å². The number of piperidine rings is 1. The fourth-order valence-electron chi connectivity index (χ4n) is 4.11. The van der Waals surface area contributed by atoms with Gasteiger partial charge in [-0.25, -0.2) is 19.7 Å². The standard InChI is InChI=1S/C25H31N7O4S/c1-5-26-23(36)30-24-29-18-12-15(11-17(19(18)37-24)20(33)31(4)6-2)16-13-27-22(28-14-16)32-9-7-25(3,8-10-32)21(34)35/h11-14H,5-10H2,1-4H3,(H,34,35)(H2,26,29,30,36). The van der Waals surface area contributed by atoms with E-state index in [1.807, 2.05) is 30.9 Å². The van der Waals surface area contributed by atoms with E-state index in [4.69, 9.17) is 0 Å². The van der Waals surface area contributed by atoms with Crippen LogP contribution in [0.2, 0.25) is 0 Å². The van der Waals surface area contributed by atoms with Gasteiger partial charge in [-0.1, -0.05) is 11.3 Å². The number of nitrogens with one attached hydrogen (secondary N) is 2. The van der Waals surface area contributed by atoms with Crippen molar-refractivity contribution < 1.29 is 19.5 Å². The molecular weight excluding hydrogens is 494 g/mol. The molecule has 1 aliphatic rings. The van der Waals surface area contributed by atoms with Crippen molar-refractivity contribution in [2.45, 2.75) is 33.6 Å². The average molecular weight is 526 g/mol. The summed E-state index contributed by atoms with van der Waals surface area (Å²) in [6.07, 6.45) is 4.45. The molecule has 196 valence electrons. The van der Waals surface area contributed by atoms with Gasteiger partial charge in [-0.3, -0.25) is 14.9 Å². The Balaban J connectivity index is 1.64. The van der Waals surface area contributed by atoms with Gasteiger partial charge in [-0.15, -0.1) is 0 Å². The van der Waals surface area contributed by atoms with E-state index >= 15 is 0 Å². The van der Waals surface area contributed by atoms with Crippen LogP contribution in [0.3, 0.4) is 0 Å².